The maximum absolute atomic E-state index is 12.8. The molecule has 12 heavy (non-hydrogen) atoms. The van der Waals surface area contributed by atoms with Gasteiger partial charge in [0.2, 0.25) is 0 Å². The molecular weight excluding hydrogens is 181 g/mol. The highest BCUT2D eigenvalue weighted by Crippen LogP contribution is 2.09. The van der Waals surface area contributed by atoms with Crippen molar-refractivity contribution in [3.05, 3.63) is 28.8 Å². The predicted octanol–water partition coefficient (Wildman–Crippen LogP) is 1.22. The van der Waals surface area contributed by atoms with Crippen molar-refractivity contribution < 1.29 is 9.50 Å². The second-order valence-electron chi connectivity index (χ2n) is 1.95. The fourth-order valence-electron chi connectivity index (χ4n) is 0.644. The van der Waals surface area contributed by atoms with Crippen molar-refractivity contribution in [3.8, 4) is 11.8 Å². The van der Waals surface area contributed by atoms with Crippen LogP contribution < -0.4 is 0 Å². The molecule has 0 unspecified atom stereocenters. The number of pyridine rings is 1. The van der Waals surface area contributed by atoms with Crippen molar-refractivity contribution in [2.45, 2.75) is 0 Å². The Labute approximate surface area is 74.0 Å². The van der Waals surface area contributed by atoms with Crippen LogP contribution in [-0.4, -0.2) is 16.7 Å². The average Bonchev–Trinajstić information content (AvgIpc) is 2.07. The molecule has 4 heteroatoms. The summed E-state index contributed by atoms with van der Waals surface area (Å²) in [4.78, 5) is 3.51. The maximum atomic E-state index is 12.8. The van der Waals surface area contributed by atoms with E-state index in [2.05, 4.69) is 16.8 Å². The molecular formula is C8H5ClFNO. The summed E-state index contributed by atoms with van der Waals surface area (Å²) in [7, 11) is 0. The molecule has 62 valence electrons. The van der Waals surface area contributed by atoms with Crippen LogP contribution in [0.3, 0.4) is 0 Å². The summed E-state index contributed by atoms with van der Waals surface area (Å²) in [6, 6.07) is 1.31. The van der Waals surface area contributed by atoms with Crippen molar-refractivity contribution in [1.82, 2.24) is 4.98 Å². The van der Waals surface area contributed by atoms with Crippen LogP contribution >= 0.6 is 11.6 Å². The third kappa shape index (κ3) is 2.19. The zero-order valence-corrected chi connectivity index (χ0v) is 6.77. The number of hydrogen-bond acceptors (Lipinski definition) is 2. The predicted molar refractivity (Wildman–Crippen MR) is 43.2 cm³/mol. The van der Waals surface area contributed by atoms with Gasteiger partial charge in [0.05, 0.1) is 11.8 Å². The lowest BCUT2D eigenvalue weighted by Gasteiger charge is -1.92. The highest BCUT2D eigenvalue weighted by atomic mass is 35.5. The lowest BCUT2D eigenvalue weighted by molar-refractivity contribution is 0.350. The molecule has 1 aromatic heterocycles. The molecule has 1 aromatic rings. The van der Waals surface area contributed by atoms with Gasteiger partial charge in [-0.1, -0.05) is 23.4 Å². The van der Waals surface area contributed by atoms with Crippen molar-refractivity contribution >= 4 is 11.6 Å². The van der Waals surface area contributed by atoms with Gasteiger partial charge in [0, 0.05) is 0 Å². The van der Waals surface area contributed by atoms with E-state index in [9.17, 15) is 4.39 Å². The molecule has 1 N–H and O–H groups in total. The molecule has 0 amide bonds. The van der Waals surface area contributed by atoms with E-state index in [1.165, 1.54) is 6.07 Å². The molecule has 0 bridgehead atoms. The minimum absolute atomic E-state index is 0.143. The fourth-order valence-corrected chi connectivity index (χ4v) is 0.802. The lowest BCUT2D eigenvalue weighted by Crippen LogP contribution is -1.86. The summed E-state index contributed by atoms with van der Waals surface area (Å²) in [6.45, 7) is -0.306. The molecule has 0 atom stereocenters. The Balaban J connectivity index is 3.05. The first-order valence-electron chi connectivity index (χ1n) is 3.15. The minimum Gasteiger partial charge on any atom is -0.384 e. The van der Waals surface area contributed by atoms with Gasteiger partial charge in [-0.25, -0.2) is 9.37 Å². The van der Waals surface area contributed by atoms with Crippen molar-refractivity contribution in [2.24, 2.45) is 0 Å². The Kier molecular flexibility index (Phi) is 3.03. The standard InChI is InChI=1S/C8H5ClFNO/c9-8-4-6(2-1-3-12)7(10)5-11-8/h4-5,12H,3H2. The van der Waals surface area contributed by atoms with Gasteiger partial charge in [-0.3, -0.25) is 0 Å². The smallest absolute Gasteiger partial charge is 0.157 e. The fraction of sp³-hybridized carbons (Fsp3) is 0.125. The molecule has 0 fully saturated rings. The number of hydrogen-bond donors (Lipinski definition) is 1. The topological polar surface area (TPSA) is 33.1 Å². The largest absolute Gasteiger partial charge is 0.384 e. The van der Waals surface area contributed by atoms with Gasteiger partial charge in [-0.15, -0.1) is 0 Å². The summed E-state index contributed by atoms with van der Waals surface area (Å²) >= 11 is 5.49. The van der Waals surface area contributed by atoms with Crippen molar-refractivity contribution in [3.63, 3.8) is 0 Å². The average molecular weight is 186 g/mol. The quantitative estimate of drug-likeness (QED) is 0.487. The maximum Gasteiger partial charge on any atom is 0.157 e. The summed E-state index contributed by atoms with van der Waals surface area (Å²) in [5.74, 6) is 4.17. The number of aromatic nitrogens is 1. The first-order valence-corrected chi connectivity index (χ1v) is 3.52. The van der Waals surface area contributed by atoms with E-state index >= 15 is 0 Å². The van der Waals surface area contributed by atoms with Gasteiger partial charge in [0.1, 0.15) is 11.8 Å². The molecule has 0 aliphatic heterocycles. The second-order valence-corrected chi connectivity index (χ2v) is 2.33. The van der Waals surface area contributed by atoms with Gasteiger partial charge in [0.25, 0.3) is 0 Å². The molecule has 0 aliphatic carbocycles. The number of aliphatic hydroxyl groups excluding tert-OH is 1. The van der Waals surface area contributed by atoms with Crippen LogP contribution in [0.25, 0.3) is 0 Å². The summed E-state index contributed by atoms with van der Waals surface area (Å²) in [6.07, 6.45) is 0.990. The molecule has 0 aromatic carbocycles. The molecule has 0 saturated carbocycles. The van der Waals surface area contributed by atoms with Gasteiger partial charge in [-0.05, 0) is 6.07 Å². The van der Waals surface area contributed by atoms with Crippen molar-refractivity contribution in [2.75, 3.05) is 6.61 Å². The van der Waals surface area contributed by atoms with E-state index in [4.69, 9.17) is 16.7 Å². The third-order valence-electron chi connectivity index (χ3n) is 1.12. The van der Waals surface area contributed by atoms with Crippen LogP contribution in [0, 0.1) is 17.7 Å². The Bertz CT molecular complexity index is 343. The minimum atomic E-state index is -0.541. The summed E-state index contributed by atoms with van der Waals surface area (Å²) < 4.78 is 12.8. The van der Waals surface area contributed by atoms with E-state index in [0.29, 0.717) is 0 Å². The first-order chi connectivity index (χ1) is 5.74. The number of rotatable bonds is 0. The van der Waals surface area contributed by atoms with Crippen LogP contribution in [0.4, 0.5) is 4.39 Å². The highest BCUT2D eigenvalue weighted by Gasteiger charge is 1.99. The van der Waals surface area contributed by atoms with Gasteiger partial charge in [0.15, 0.2) is 5.82 Å². The van der Waals surface area contributed by atoms with E-state index in [0.717, 1.165) is 6.20 Å². The summed E-state index contributed by atoms with van der Waals surface area (Å²) in [5.41, 5.74) is 0.143. The molecule has 0 aliphatic rings. The zero-order chi connectivity index (χ0) is 8.97. The molecule has 1 heterocycles. The Morgan fingerprint density at radius 1 is 1.67 bits per heavy atom. The number of nitrogens with zero attached hydrogens (tertiary/aromatic N) is 1. The van der Waals surface area contributed by atoms with Gasteiger partial charge in [-0.2, -0.15) is 0 Å². The van der Waals surface area contributed by atoms with Crippen LogP contribution in [0.1, 0.15) is 5.56 Å². The third-order valence-corrected chi connectivity index (χ3v) is 1.33. The highest BCUT2D eigenvalue weighted by molar-refractivity contribution is 6.29. The van der Waals surface area contributed by atoms with E-state index in [-0.39, 0.29) is 17.3 Å². The molecule has 0 spiro atoms. The SMILES string of the molecule is OCC#Cc1cc(Cl)ncc1F. The second kappa shape index (κ2) is 4.05. The zero-order valence-electron chi connectivity index (χ0n) is 6.01. The number of aliphatic hydroxyl groups is 1. The summed E-state index contributed by atoms with van der Waals surface area (Å²) in [5, 5.41) is 8.52. The van der Waals surface area contributed by atoms with Gasteiger partial charge < -0.3 is 5.11 Å². The van der Waals surface area contributed by atoms with Crippen LogP contribution in [0.5, 0.6) is 0 Å². The van der Waals surface area contributed by atoms with Gasteiger partial charge >= 0.3 is 0 Å². The molecule has 0 saturated heterocycles. The van der Waals surface area contributed by atoms with Crippen LogP contribution in [-0.2, 0) is 0 Å². The monoisotopic (exact) mass is 185 g/mol. The normalized spacial score (nSPS) is 8.92. The first kappa shape index (κ1) is 8.98. The van der Waals surface area contributed by atoms with Crippen LogP contribution in [0.2, 0.25) is 5.15 Å². The Morgan fingerprint density at radius 3 is 3.08 bits per heavy atom. The molecule has 1 rings (SSSR count). The molecule has 2 nitrogen and oxygen atoms in total. The van der Waals surface area contributed by atoms with E-state index < -0.39 is 5.82 Å². The van der Waals surface area contributed by atoms with Crippen LogP contribution in [0.15, 0.2) is 12.3 Å². The lowest BCUT2D eigenvalue weighted by atomic mass is 10.2. The Hall–Kier alpha value is -1.11. The molecule has 0 radical (unpaired) electrons. The Morgan fingerprint density at radius 2 is 2.42 bits per heavy atom. The van der Waals surface area contributed by atoms with Crippen molar-refractivity contribution in [1.29, 1.82) is 0 Å². The number of halogens is 2. The van der Waals surface area contributed by atoms with E-state index in [1.807, 2.05) is 0 Å². The van der Waals surface area contributed by atoms with E-state index in [1.54, 1.807) is 0 Å².